The smallest absolute Gasteiger partial charge is 0.325 e. The Kier molecular flexibility index (Phi) is 8.43. The third-order valence-corrected chi connectivity index (χ3v) is 6.68. The minimum Gasteiger partial charge on any atom is -0.496 e. The Labute approximate surface area is 207 Å². The van der Waals surface area contributed by atoms with Gasteiger partial charge in [0.2, 0.25) is 5.91 Å². The van der Waals surface area contributed by atoms with E-state index < -0.39 is 17.9 Å². The summed E-state index contributed by atoms with van der Waals surface area (Å²) in [5, 5.41) is 15.2. The lowest BCUT2D eigenvalue weighted by Gasteiger charge is -2.22. The van der Waals surface area contributed by atoms with E-state index in [4.69, 9.17) is 14.6 Å². The second-order valence-corrected chi connectivity index (χ2v) is 9.17. The summed E-state index contributed by atoms with van der Waals surface area (Å²) in [7, 11) is 3.24. The van der Waals surface area contributed by atoms with Gasteiger partial charge in [-0.1, -0.05) is 25.0 Å². The molecule has 2 aromatic carbocycles. The Morgan fingerprint density at radius 3 is 2.17 bits per heavy atom. The molecule has 3 rings (SSSR count). The maximum absolute atomic E-state index is 12.5. The van der Waals surface area contributed by atoms with Gasteiger partial charge in [-0.15, -0.1) is 0 Å². The van der Waals surface area contributed by atoms with Crippen LogP contribution in [0, 0.1) is 13.8 Å². The van der Waals surface area contributed by atoms with Crippen LogP contribution in [0.25, 0.3) is 17.2 Å². The Bertz CT molecular complexity index is 1120. The van der Waals surface area contributed by atoms with Gasteiger partial charge in [0.25, 0.3) is 0 Å². The number of hydrogen-bond donors (Lipinski definition) is 3. The van der Waals surface area contributed by atoms with Crippen LogP contribution < -0.4 is 20.1 Å². The van der Waals surface area contributed by atoms with Crippen LogP contribution in [0.5, 0.6) is 11.5 Å². The number of nitrogens with one attached hydrogen (secondary N) is 2. The summed E-state index contributed by atoms with van der Waals surface area (Å²) in [6.07, 6.45) is 6.71. The number of carbonyl (C=O) groups is 2. The number of carboxylic acids is 1. The number of amides is 1. The molecule has 3 N–H and O–H groups in total. The van der Waals surface area contributed by atoms with Crippen molar-refractivity contribution in [1.82, 2.24) is 5.32 Å². The van der Waals surface area contributed by atoms with E-state index in [9.17, 15) is 9.59 Å². The topological polar surface area (TPSA) is 96.9 Å². The second kappa shape index (κ2) is 11.3. The van der Waals surface area contributed by atoms with E-state index in [1.807, 2.05) is 13.8 Å². The molecule has 0 saturated heterocycles. The summed E-state index contributed by atoms with van der Waals surface area (Å²) >= 11 is 0. The van der Waals surface area contributed by atoms with Crippen molar-refractivity contribution in [3.05, 3.63) is 46.5 Å². The van der Waals surface area contributed by atoms with Crippen LogP contribution in [0.4, 0.5) is 5.69 Å². The van der Waals surface area contributed by atoms with E-state index >= 15 is 0 Å². The van der Waals surface area contributed by atoms with Gasteiger partial charge in [-0.2, -0.15) is 0 Å². The molecule has 0 unspecified atom stereocenters. The lowest BCUT2D eigenvalue weighted by molar-refractivity contribution is -0.140. The molecule has 1 aliphatic carbocycles. The van der Waals surface area contributed by atoms with Gasteiger partial charge < -0.3 is 25.2 Å². The molecule has 0 bridgehead atoms. The molecule has 1 fully saturated rings. The first-order chi connectivity index (χ1) is 16.7. The molecule has 1 saturated carbocycles. The molecule has 0 aliphatic heterocycles. The summed E-state index contributed by atoms with van der Waals surface area (Å²) in [6, 6.07) is 7.93. The zero-order valence-corrected chi connectivity index (χ0v) is 21.5. The molecule has 0 radical (unpaired) electrons. The number of carboxylic acid groups (broad SMARTS) is 1. The fourth-order valence-corrected chi connectivity index (χ4v) is 4.70. The van der Waals surface area contributed by atoms with E-state index in [0.717, 1.165) is 33.5 Å². The first-order valence-electron chi connectivity index (χ1n) is 12.0. The van der Waals surface area contributed by atoms with Crippen molar-refractivity contribution < 1.29 is 24.2 Å². The van der Waals surface area contributed by atoms with E-state index in [1.165, 1.54) is 32.6 Å². The highest BCUT2D eigenvalue weighted by Crippen LogP contribution is 2.45. The number of ether oxygens (including phenoxy) is 2. The van der Waals surface area contributed by atoms with Crippen molar-refractivity contribution in [2.24, 2.45) is 0 Å². The van der Waals surface area contributed by atoms with E-state index in [-0.39, 0.29) is 0 Å². The number of rotatable bonds is 9. The van der Waals surface area contributed by atoms with Crippen LogP contribution >= 0.6 is 0 Å². The molecule has 1 amide bonds. The fourth-order valence-electron chi connectivity index (χ4n) is 4.70. The van der Waals surface area contributed by atoms with Crippen LogP contribution in [-0.2, 0) is 9.59 Å². The number of aliphatic carboxylic acids is 1. The quantitative estimate of drug-likeness (QED) is 0.420. The van der Waals surface area contributed by atoms with Gasteiger partial charge >= 0.3 is 5.97 Å². The molecule has 0 spiro atoms. The van der Waals surface area contributed by atoms with Crippen LogP contribution in [0.2, 0.25) is 0 Å². The molecule has 7 heteroatoms. The molecule has 1 atom stereocenters. The van der Waals surface area contributed by atoms with Gasteiger partial charge in [0.05, 0.1) is 14.2 Å². The highest BCUT2D eigenvalue weighted by Gasteiger charge is 2.23. The van der Waals surface area contributed by atoms with E-state index in [1.54, 1.807) is 27.2 Å². The van der Waals surface area contributed by atoms with Crippen molar-refractivity contribution >= 4 is 23.6 Å². The normalized spacial score (nSPS) is 15.0. The molecule has 7 nitrogen and oxygen atoms in total. The minimum atomic E-state index is -1.09. The van der Waals surface area contributed by atoms with Gasteiger partial charge in [0.1, 0.15) is 17.5 Å². The molecule has 188 valence electrons. The summed E-state index contributed by atoms with van der Waals surface area (Å²) < 4.78 is 11.6. The summed E-state index contributed by atoms with van der Waals surface area (Å²) in [5.41, 5.74) is 5.88. The van der Waals surface area contributed by atoms with Gasteiger partial charge in [-0.3, -0.25) is 9.59 Å². The predicted molar refractivity (Wildman–Crippen MR) is 139 cm³/mol. The SMILES string of the molecule is COc1c(C)c(-c2ccc(NC3CCCC3)cc2)c(OC)c(C)c1/C=C(\C)C(=O)N[C@H](C)C(=O)O. The molecule has 35 heavy (non-hydrogen) atoms. The fraction of sp³-hybridized carbons (Fsp3) is 0.429. The van der Waals surface area contributed by atoms with Crippen LogP contribution in [-0.4, -0.2) is 43.3 Å². The third kappa shape index (κ3) is 5.78. The summed E-state index contributed by atoms with van der Waals surface area (Å²) in [6.45, 7) is 6.97. The van der Waals surface area contributed by atoms with Crippen molar-refractivity contribution in [2.45, 2.75) is 65.5 Å². The first-order valence-corrected chi connectivity index (χ1v) is 12.0. The maximum Gasteiger partial charge on any atom is 0.325 e. The highest BCUT2D eigenvalue weighted by molar-refractivity contribution is 6.00. The van der Waals surface area contributed by atoms with Gasteiger partial charge in [-0.25, -0.2) is 0 Å². The molecule has 0 heterocycles. The number of methoxy groups -OCH3 is 2. The standard InChI is InChI=1S/C28H36N2O5/c1-16(27(31)29-19(4)28(32)33)15-23-17(2)26(35-6)24(18(3)25(23)34-5)20-11-13-22(14-12-20)30-21-9-7-8-10-21/h11-15,19,21,30H,7-10H2,1-6H3,(H,29,31)(H,32,33)/b16-15+/t19-/m1/s1. The predicted octanol–water partition coefficient (Wildman–Crippen LogP) is 5.33. The second-order valence-electron chi connectivity index (χ2n) is 9.17. The average molecular weight is 481 g/mol. The van der Waals surface area contributed by atoms with Crippen molar-refractivity contribution in [2.75, 3.05) is 19.5 Å². The Morgan fingerprint density at radius 2 is 1.63 bits per heavy atom. The van der Waals surface area contributed by atoms with Crippen molar-refractivity contribution in [1.29, 1.82) is 0 Å². The molecular formula is C28H36N2O5. The maximum atomic E-state index is 12.5. The molecular weight excluding hydrogens is 444 g/mol. The lowest BCUT2D eigenvalue weighted by Crippen LogP contribution is -2.38. The van der Waals surface area contributed by atoms with Crippen molar-refractivity contribution in [3.8, 4) is 22.6 Å². The van der Waals surface area contributed by atoms with E-state index in [0.29, 0.717) is 23.1 Å². The number of anilines is 1. The monoisotopic (exact) mass is 480 g/mol. The Hall–Kier alpha value is -3.48. The first kappa shape index (κ1) is 26.1. The number of hydrogen-bond acceptors (Lipinski definition) is 5. The average Bonchev–Trinajstić information content (AvgIpc) is 3.34. The largest absolute Gasteiger partial charge is 0.496 e. The minimum absolute atomic E-state index is 0.371. The van der Waals surface area contributed by atoms with E-state index in [2.05, 4.69) is 34.9 Å². The van der Waals surface area contributed by atoms with Gasteiger partial charge in [0, 0.05) is 39.6 Å². The number of carbonyl (C=O) groups excluding carboxylic acids is 1. The summed E-state index contributed by atoms with van der Waals surface area (Å²) in [5.74, 6) is -0.193. The molecule has 0 aromatic heterocycles. The zero-order valence-electron chi connectivity index (χ0n) is 21.5. The number of benzene rings is 2. The van der Waals surface area contributed by atoms with Crippen LogP contribution in [0.15, 0.2) is 29.8 Å². The zero-order chi connectivity index (χ0) is 25.7. The van der Waals surface area contributed by atoms with Gasteiger partial charge in [0.15, 0.2) is 0 Å². The van der Waals surface area contributed by atoms with Crippen molar-refractivity contribution in [3.63, 3.8) is 0 Å². The molecule has 2 aromatic rings. The Morgan fingerprint density at radius 1 is 1.03 bits per heavy atom. The Balaban J connectivity index is 2.00. The third-order valence-electron chi connectivity index (χ3n) is 6.68. The van der Waals surface area contributed by atoms with Crippen LogP contribution in [0.3, 0.4) is 0 Å². The highest BCUT2D eigenvalue weighted by atomic mass is 16.5. The lowest BCUT2D eigenvalue weighted by atomic mass is 9.91. The molecule has 1 aliphatic rings. The van der Waals surface area contributed by atoms with Gasteiger partial charge in [-0.05, 0) is 64.3 Å². The summed E-state index contributed by atoms with van der Waals surface area (Å²) in [4.78, 5) is 23.6. The van der Waals surface area contributed by atoms with Crippen LogP contribution in [0.1, 0.15) is 56.2 Å².